The van der Waals surface area contributed by atoms with Gasteiger partial charge in [-0.15, -0.1) is 0 Å². The van der Waals surface area contributed by atoms with Crippen molar-refractivity contribution in [1.82, 2.24) is 0 Å². The molecule has 0 unspecified atom stereocenters. The molecular weight excluding hydrogens is 436 g/mol. The molecule has 3 nitrogen and oxygen atoms in total. The van der Waals surface area contributed by atoms with Crippen molar-refractivity contribution in [1.29, 1.82) is 0 Å². The normalized spacial score (nSPS) is 15.3. The van der Waals surface area contributed by atoms with E-state index in [4.69, 9.17) is 0 Å². The van der Waals surface area contributed by atoms with E-state index in [1.165, 1.54) is 0 Å². The van der Waals surface area contributed by atoms with Gasteiger partial charge in [-0.25, -0.2) is 4.79 Å². The Morgan fingerprint density at radius 3 is 2.00 bits per heavy atom. The number of halogens is 6. The van der Waals surface area contributed by atoms with Crippen LogP contribution >= 0.6 is 0 Å². The third-order valence-electron chi connectivity index (χ3n) is 5.67. The number of fused-ring (bicyclic) bond motifs is 3. The fraction of sp³-hybridized carbons (Fsp3) is 0.391. The Bertz CT molecular complexity index is 1020. The largest absolute Gasteiger partial charge is 0.389 e. The Hall–Kier alpha value is -2.84. The topological polar surface area (TPSA) is 38.7 Å². The predicted molar refractivity (Wildman–Crippen MR) is 107 cm³/mol. The van der Waals surface area contributed by atoms with Crippen molar-refractivity contribution in [3.05, 3.63) is 59.2 Å². The highest BCUT2D eigenvalue weighted by Crippen LogP contribution is 2.55. The lowest BCUT2D eigenvalue weighted by atomic mass is 9.71. The Morgan fingerprint density at radius 1 is 0.875 bits per heavy atom. The third kappa shape index (κ3) is 5.14. The second-order valence-electron chi connectivity index (χ2n) is 7.88. The van der Waals surface area contributed by atoms with E-state index >= 15 is 0 Å². The van der Waals surface area contributed by atoms with Crippen molar-refractivity contribution in [3.63, 3.8) is 0 Å². The van der Waals surface area contributed by atoms with Crippen LogP contribution in [0.2, 0.25) is 0 Å². The highest BCUT2D eigenvalue weighted by atomic mass is 19.4. The zero-order valence-corrected chi connectivity index (χ0v) is 17.4. The lowest BCUT2D eigenvalue weighted by molar-refractivity contribution is -0.144. The van der Waals surface area contributed by atoms with Crippen molar-refractivity contribution in [3.8, 4) is 11.1 Å². The molecule has 9 heteroatoms. The number of hydrogen-bond donors (Lipinski definition) is 0. The molecule has 2 aromatic rings. The molecule has 0 atom stereocenters. The average Bonchev–Trinajstić information content (AvgIpc) is 2.98. The number of rotatable bonds is 6. The molecule has 32 heavy (non-hydrogen) atoms. The van der Waals surface area contributed by atoms with E-state index in [1.807, 2.05) is 0 Å². The number of benzene rings is 2. The van der Waals surface area contributed by atoms with E-state index in [0.717, 1.165) is 6.92 Å². The third-order valence-corrected chi connectivity index (χ3v) is 5.67. The Kier molecular flexibility index (Phi) is 6.40. The van der Waals surface area contributed by atoms with Gasteiger partial charge in [-0.2, -0.15) is 26.3 Å². The summed E-state index contributed by atoms with van der Waals surface area (Å²) < 4.78 is 79.2. The van der Waals surface area contributed by atoms with Crippen LogP contribution in [0.25, 0.3) is 11.1 Å². The zero-order valence-electron chi connectivity index (χ0n) is 17.4. The molecule has 0 saturated heterocycles. The number of nitrogens with zero attached hydrogens (tertiary/aromatic N) is 1. The first-order valence-electron chi connectivity index (χ1n) is 9.93. The number of carbonyl (C=O) groups excluding carboxylic acids is 1. The molecule has 2 aromatic carbocycles. The zero-order chi connectivity index (χ0) is 23.7. The smallest absolute Gasteiger partial charge is 0.318 e. The van der Waals surface area contributed by atoms with Crippen molar-refractivity contribution >= 4 is 11.7 Å². The van der Waals surface area contributed by atoms with E-state index in [1.54, 1.807) is 49.4 Å². The molecular formula is C23H21F6NO2. The molecule has 1 aliphatic rings. The maximum absolute atomic E-state index is 13.2. The molecule has 1 aliphatic carbocycles. The van der Waals surface area contributed by atoms with Gasteiger partial charge < -0.3 is 4.84 Å². The van der Waals surface area contributed by atoms with Gasteiger partial charge in [-0.3, -0.25) is 0 Å². The van der Waals surface area contributed by atoms with Gasteiger partial charge in [0.2, 0.25) is 0 Å². The van der Waals surface area contributed by atoms with Gasteiger partial charge >= 0.3 is 18.3 Å². The van der Waals surface area contributed by atoms with E-state index in [9.17, 15) is 31.1 Å². The van der Waals surface area contributed by atoms with Crippen LogP contribution in [0, 0.1) is 0 Å². The summed E-state index contributed by atoms with van der Waals surface area (Å²) in [6.45, 7) is 2.70. The standard InChI is InChI=1S/C23H21F6NO2/c1-14(30-32-15(2)31)16-7-8-18-17-5-3-4-6-19(17)21(20(18)13-16,9-11-22(24,25)26)10-12-23(27,28)29/h3-8,13H,9-12H2,1-2H3/b30-14+. The van der Waals surface area contributed by atoms with Crippen LogP contribution in [0.3, 0.4) is 0 Å². The second kappa shape index (κ2) is 8.60. The van der Waals surface area contributed by atoms with Crippen LogP contribution in [0.4, 0.5) is 26.3 Å². The first-order chi connectivity index (χ1) is 14.8. The molecule has 0 bridgehead atoms. The monoisotopic (exact) mass is 457 g/mol. The van der Waals surface area contributed by atoms with Crippen molar-refractivity contribution in [2.75, 3.05) is 0 Å². The Morgan fingerprint density at radius 2 is 1.44 bits per heavy atom. The molecule has 3 rings (SSSR count). The van der Waals surface area contributed by atoms with Crippen molar-refractivity contribution in [2.24, 2.45) is 5.16 Å². The number of hydrogen-bond acceptors (Lipinski definition) is 3. The summed E-state index contributed by atoms with van der Waals surface area (Å²) in [6, 6.07) is 11.5. The lowest BCUT2D eigenvalue weighted by Gasteiger charge is -2.33. The van der Waals surface area contributed by atoms with Crippen LogP contribution in [-0.4, -0.2) is 24.0 Å². The summed E-state index contributed by atoms with van der Waals surface area (Å²) in [5.74, 6) is -0.650. The van der Waals surface area contributed by atoms with Gasteiger partial charge in [0.1, 0.15) is 0 Å². The minimum atomic E-state index is -4.52. The molecule has 0 spiro atoms. The molecule has 0 aromatic heterocycles. The first-order valence-corrected chi connectivity index (χ1v) is 9.93. The maximum Gasteiger partial charge on any atom is 0.389 e. The molecule has 0 fully saturated rings. The highest BCUT2D eigenvalue weighted by molar-refractivity contribution is 6.00. The van der Waals surface area contributed by atoms with E-state index in [2.05, 4.69) is 9.99 Å². The highest BCUT2D eigenvalue weighted by Gasteiger charge is 2.47. The van der Waals surface area contributed by atoms with Crippen molar-refractivity contribution < 1.29 is 36.0 Å². The van der Waals surface area contributed by atoms with Gasteiger partial charge in [-0.05, 0) is 53.6 Å². The predicted octanol–water partition coefficient (Wildman–Crippen LogP) is 6.93. The average molecular weight is 457 g/mol. The van der Waals surface area contributed by atoms with Gasteiger partial charge in [0.25, 0.3) is 0 Å². The fourth-order valence-electron chi connectivity index (χ4n) is 4.24. The minimum absolute atomic E-state index is 0.277. The fourth-order valence-corrected chi connectivity index (χ4v) is 4.24. The van der Waals surface area contributed by atoms with Crippen LogP contribution in [0.1, 0.15) is 56.2 Å². The van der Waals surface area contributed by atoms with E-state index in [-0.39, 0.29) is 5.71 Å². The van der Waals surface area contributed by atoms with Gasteiger partial charge in [0.15, 0.2) is 0 Å². The van der Waals surface area contributed by atoms with E-state index < -0.39 is 49.4 Å². The molecule has 0 N–H and O–H groups in total. The van der Waals surface area contributed by atoms with Crippen LogP contribution in [0.5, 0.6) is 0 Å². The molecule has 0 amide bonds. The molecule has 172 valence electrons. The SMILES string of the molecule is CC(=O)O/N=C(\C)c1ccc2c(c1)C(CCC(F)(F)F)(CCC(F)(F)F)c1ccccc1-2. The first kappa shape index (κ1) is 23.8. The van der Waals surface area contributed by atoms with Gasteiger partial charge in [-0.1, -0.05) is 41.6 Å². The quantitative estimate of drug-likeness (QED) is 0.204. The lowest BCUT2D eigenvalue weighted by Crippen LogP contribution is -2.30. The van der Waals surface area contributed by atoms with Crippen LogP contribution in [0.15, 0.2) is 47.6 Å². The van der Waals surface area contributed by atoms with Gasteiger partial charge in [0, 0.05) is 25.2 Å². The molecule has 0 heterocycles. The van der Waals surface area contributed by atoms with Crippen molar-refractivity contribution in [2.45, 2.75) is 57.3 Å². The summed E-state index contributed by atoms with van der Waals surface area (Å²) >= 11 is 0. The summed E-state index contributed by atoms with van der Waals surface area (Å²) in [6.07, 6.45) is -12.5. The number of oxime groups is 1. The maximum atomic E-state index is 13.2. The summed E-state index contributed by atoms with van der Waals surface area (Å²) in [7, 11) is 0. The number of alkyl halides is 6. The second-order valence-corrected chi connectivity index (χ2v) is 7.88. The summed E-state index contributed by atoms with van der Waals surface area (Å²) in [5.41, 5.74) is 1.31. The van der Waals surface area contributed by atoms with Crippen LogP contribution in [-0.2, 0) is 15.0 Å². The minimum Gasteiger partial charge on any atom is -0.318 e. The van der Waals surface area contributed by atoms with E-state index in [0.29, 0.717) is 27.8 Å². The molecule has 0 radical (unpaired) electrons. The molecule has 0 aliphatic heterocycles. The Labute approximate surface area is 181 Å². The summed E-state index contributed by atoms with van der Waals surface area (Å²) in [5, 5.41) is 3.69. The Balaban J connectivity index is 2.17. The van der Waals surface area contributed by atoms with Crippen LogP contribution < -0.4 is 0 Å². The summed E-state index contributed by atoms with van der Waals surface area (Å²) in [4.78, 5) is 15.7. The number of carbonyl (C=O) groups is 1. The molecule has 0 saturated carbocycles. The van der Waals surface area contributed by atoms with Gasteiger partial charge in [0.05, 0.1) is 5.71 Å².